The van der Waals surface area contributed by atoms with Gasteiger partial charge in [0.15, 0.2) is 11.6 Å². The summed E-state index contributed by atoms with van der Waals surface area (Å²) in [6.45, 7) is 0.256. The number of pyridine rings is 1. The minimum Gasteiger partial charge on any atom is -0.481 e. The van der Waals surface area contributed by atoms with Crippen LogP contribution < -0.4 is 15.4 Å². The van der Waals surface area contributed by atoms with Crippen LogP contribution in [0.5, 0.6) is 11.6 Å². The summed E-state index contributed by atoms with van der Waals surface area (Å²) >= 11 is 0. The third-order valence-electron chi connectivity index (χ3n) is 4.72. The Balaban J connectivity index is 1.47. The van der Waals surface area contributed by atoms with E-state index in [-0.39, 0.29) is 36.2 Å². The van der Waals surface area contributed by atoms with Crippen LogP contribution in [0, 0.1) is 11.7 Å². The van der Waals surface area contributed by atoms with Gasteiger partial charge >= 0.3 is 12.0 Å². The number of urea groups is 1. The predicted molar refractivity (Wildman–Crippen MR) is 99.5 cm³/mol. The molecule has 3 N–H and O–H groups in total. The number of aliphatic carboxylic acids is 1. The number of carbonyl (C=O) groups excluding carboxylic acids is 1. The minimum absolute atomic E-state index is 0.0204. The average Bonchev–Trinajstić information content (AvgIpc) is 2.69. The highest BCUT2D eigenvalue weighted by molar-refractivity contribution is 5.74. The number of benzene rings is 1. The number of carbonyl (C=O) groups is 2. The van der Waals surface area contributed by atoms with Crippen molar-refractivity contribution in [3.05, 3.63) is 54.0 Å². The maximum Gasteiger partial charge on any atom is 0.315 e. The molecule has 1 heterocycles. The molecule has 28 heavy (non-hydrogen) atoms. The van der Waals surface area contributed by atoms with E-state index in [0.717, 1.165) is 5.56 Å². The molecule has 1 aliphatic carbocycles. The Hall–Kier alpha value is -3.16. The molecule has 0 unspecified atom stereocenters. The fourth-order valence-corrected chi connectivity index (χ4v) is 3.16. The van der Waals surface area contributed by atoms with Crippen molar-refractivity contribution in [3.8, 4) is 11.6 Å². The van der Waals surface area contributed by atoms with Gasteiger partial charge in [-0.3, -0.25) is 4.79 Å². The summed E-state index contributed by atoms with van der Waals surface area (Å²) in [6.07, 6.45) is 3.97. The lowest BCUT2D eigenvalue weighted by molar-refractivity contribution is -0.142. The smallest absolute Gasteiger partial charge is 0.315 e. The molecule has 148 valence electrons. The molecule has 0 bridgehead atoms. The van der Waals surface area contributed by atoms with Crippen LogP contribution in [-0.4, -0.2) is 28.1 Å². The summed E-state index contributed by atoms with van der Waals surface area (Å²) in [7, 11) is 0. The number of carboxylic acids is 1. The molecule has 7 nitrogen and oxygen atoms in total. The average molecular weight is 387 g/mol. The quantitative estimate of drug-likeness (QED) is 0.705. The van der Waals surface area contributed by atoms with Crippen molar-refractivity contribution in [1.29, 1.82) is 0 Å². The van der Waals surface area contributed by atoms with Crippen molar-refractivity contribution >= 4 is 12.0 Å². The fraction of sp³-hybridized carbons (Fsp3) is 0.350. The lowest BCUT2D eigenvalue weighted by Crippen LogP contribution is -2.43. The van der Waals surface area contributed by atoms with E-state index in [4.69, 9.17) is 9.84 Å². The number of hydrogen-bond donors (Lipinski definition) is 3. The molecule has 1 aliphatic rings. The zero-order valence-electron chi connectivity index (χ0n) is 15.2. The van der Waals surface area contributed by atoms with Gasteiger partial charge in [-0.1, -0.05) is 12.1 Å². The number of nitrogens with one attached hydrogen (secondary N) is 2. The third-order valence-corrected chi connectivity index (χ3v) is 4.72. The van der Waals surface area contributed by atoms with Gasteiger partial charge in [-0.2, -0.15) is 0 Å². The van der Waals surface area contributed by atoms with Gasteiger partial charge in [0.05, 0.1) is 5.92 Å². The maximum absolute atomic E-state index is 13.7. The van der Waals surface area contributed by atoms with E-state index in [0.29, 0.717) is 25.7 Å². The van der Waals surface area contributed by atoms with Crippen molar-refractivity contribution in [1.82, 2.24) is 15.6 Å². The Morgan fingerprint density at radius 3 is 2.64 bits per heavy atom. The molecular weight excluding hydrogens is 365 g/mol. The number of aromatic nitrogens is 1. The van der Waals surface area contributed by atoms with Gasteiger partial charge in [0.2, 0.25) is 5.88 Å². The maximum atomic E-state index is 13.7. The SMILES string of the molecule is O=C(NCc1ccnc(Oc2ccccc2F)c1)NC1CCC(C(=O)O)CC1. The van der Waals surface area contributed by atoms with Gasteiger partial charge < -0.3 is 20.5 Å². The molecule has 0 aliphatic heterocycles. The highest BCUT2D eigenvalue weighted by Crippen LogP contribution is 2.24. The van der Waals surface area contributed by atoms with Crippen molar-refractivity contribution < 1.29 is 23.8 Å². The molecule has 2 aromatic rings. The molecule has 1 fully saturated rings. The first-order valence-corrected chi connectivity index (χ1v) is 9.16. The summed E-state index contributed by atoms with van der Waals surface area (Å²) < 4.78 is 19.1. The van der Waals surface area contributed by atoms with Gasteiger partial charge in [-0.05, 0) is 49.4 Å². The van der Waals surface area contributed by atoms with Crippen LogP contribution in [0.3, 0.4) is 0 Å². The third kappa shape index (κ3) is 5.42. The minimum atomic E-state index is -0.769. The summed E-state index contributed by atoms with van der Waals surface area (Å²) in [6, 6.07) is 9.07. The number of hydrogen-bond acceptors (Lipinski definition) is 4. The fourth-order valence-electron chi connectivity index (χ4n) is 3.16. The Labute approximate surface area is 161 Å². The second kappa shape index (κ2) is 9.16. The van der Waals surface area contributed by atoms with E-state index in [1.165, 1.54) is 18.3 Å². The van der Waals surface area contributed by atoms with Crippen molar-refractivity contribution in [3.63, 3.8) is 0 Å². The van der Waals surface area contributed by atoms with E-state index in [1.54, 1.807) is 24.3 Å². The molecule has 0 saturated heterocycles. The number of carboxylic acid groups (broad SMARTS) is 1. The molecule has 1 aromatic carbocycles. The van der Waals surface area contributed by atoms with Gasteiger partial charge in [0.25, 0.3) is 0 Å². The van der Waals surface area contributed by atoms with E-state index < -0.39 is 11.8 Å². The van der Waals surface area contributed by atoms with Gasteiger partial charge in [-0.15, -0.1) is 0 Å². The topological polar surface area (TPSA) is 101 Å². The second-order valence-electron chi connectivity index (χ2n) is 6.75. The summed E-state index contributed by atoms with van der Waals surface area (Å²) in [4.78, 5) is 27.1. The molecule has 2 amide bonds. The standard InChI is InChI=1S/C20H22FN3O4/c21-16-3-1-2-4-17(16)28-18-11-13(9-10-22-18)12-23-20(27)24-15-7-5-14(6-8-15)19(25)26/h1-4,9-11,14-15H,5-8,12H2,(H,25,26)(H2,23,24,27). The Morgan fingerprint density at radius 1 is 1.18 bits per heavy atom. The van der Waals surface area contributed by atoms with Crippen LogP contribution in [0.1, 0.15) is 31.2 Å². The van der Waals surface area contributed by atoms with Crippen molar-refractivity contribution in [2.24, 2.45) is 5.92 Å². The summed E-state index contributed by atoms with van der Waals surface area (Å²) in [5.74, 6) is -1.25. The van der Waals surface area contributed by atoms with Gasteiger partial charge in [0.1, 0.15) is 0 Å². The highest BCUT2D eigenvalue weighted by atomic mass is 19.1. The molecule has 0 atom stereocenters. The number of amides is 2. The molecule has 0 radical (unpaired) electrons. The number of rotatable bonds is 6. The lowest BCUT2D eigenvalue weighted by atomic mass is 9.86. The van der Waals surface area contributed by atoms with E-state index in [9.17, 15) is 14.0 Å². The molecule has 1 saturated carbocycles. The Morgan fingerprint density at radius 2 is 1.93 bits per heavy atom. The molecule has 8 heteroatoms. The van der Waals surface area contributed by atoms with Crippen LogP contribution in [0.25, 0.3) is 0 Å². The zero-order valence-corrected chi connectivity index (χ0v) is 15.2. The number of nitrogens with zero attached hydrogens (tertiary/aromatic N) is 1. The van der Waals surface area contributed by atoms with Crippen molar-refractivity contribution in [2.75, 3.05) is 0 Å². The molecule has 1 aromatic heterocycles. The van der Waals surface area contributed by atoms with Crippen LogP contribution in [0.4, 0.5) is 9.18 Å². The molecule has 3 rings (SSSR count). The predicted octanol–water partition coefficient (Wildman–Crippen LogP) is 3.46. The molecular formula is C20H22FN3O4. The van der Waals surface area contributed by atoms with Crippen LogP contribution in [0.15, 0.2) is 42.6 Å². The van der Waals surface area contributed by atoms with E-state index in [2.05, 4.69) is 15.6 Å². The van der Waals surface area contributed by atoms with E-state index in [1.807, 2.05) is 0 Å². The first kappa shape index (κ1) is 19.6. The van der Waals surface area contributed by atoms with Crippen molar-refractivity contribution in [2.45, 2.75) is 38.3 Å². The number of para-hydroxylation sites is 1. The monoisotopic (exact) mass is 387 g/mol. The Kier molecular flexibility index (Phi) is 6.41. The zero-order chi connectivity index (χ0) is 19.9. The molecule has 0 spiro atoms. The second-order valence-corrected chi connectivity index (χ2v) is 6.75. The largest absolute Gasteiger partial charge is 0.481 e. The highest BCUT2D eigenvalue weighted by Gasteiger charge is 2.26. The normalized spacial score (nSPS) is 18.9. The van der Waals surface area contributed by atoms with Gasteiger partial charge in [0, 0.05) is 24.8 Å². The van der Waals surface area contributed by atoms with Crippen LogP contribution >= 0.6 is 0 Å². The number of halogens is 1. The first-order chi connectivity index (χ1) is 13.5. The van der Waals surface area contributed by atoms with Crippen LogP contribution in [-0.2, 0) is 11.3 Å². The number of ether oxygens (including phenoxy) is 1. The Bertz CT molecular complexity index is 838. The van der Waals surface area contributed by atoms with E-state index >= 15 is 0 Å². The van der Waals surface area contributed by atoms with Gasteiger partial charge in [-0.25, -0.2) is 14.2 Å². The van der Waals surface area contributed by atoms with Crippen LogP contribution in [0.2, 0.25) is 0 Å². The summed E-state index contributed by atoms with van der Waals surface area (Å²) in [5, 5.41) is 14.6. The summed E-state index contributed by atoms with van der Waals surface area (Å²) in [5.41, 5.74) is 0.756. The lowest BCUT2D eigenvalue weighted by Gasteiger charge is -2.26. The first-order valence-electron chi connectivity index (χ1n) is 9.16.